The van der Waals surface area contributed by atoms with Gasteiger partial charge in [-0.15, -0.1) is 5.10 Å². The van der Waals surface area contributed by atoms with Crippen LogP contribution >= 0.6 is 0 Å². The molecule has 4 aromatic rings. The summed E-state index contributed by atoms with van der Waals surface area (Å²) in [6.07, 6.45) is 2.09. The summed E-state index contributed by atoms with van der Waals surface area (Å²) in [6, 6.07) is 25.6. The number of benzene rings is 3. The van der Waals surface area contributed by atoms with Gasteiger partial charge in [-0.05, 0) is 45.0 Å². The summed E-state index contributed by atoms with van der Waals surface area (Å²) in [5.41, 5.74) is 4.99. The fraction of sp³-hybridized carbons (Fsp3) is 0.344. The van der Waals surface area contributed by atoms with E-state index in [0.717, 1.165) is 40.7 Å². The first kappa shape index (κ1) is 28.7. The molecule has 1 heterocycles. The molecule has 3 aromatic carbocycles. The number of unbranched alkanes of at least 4 members (excludes halogenated alkanes) is 1. The lowest BCUT2D eigenvalue weighted by Crippen LogP contribution is -2.48. The molecule has 0 aliphatic carbocycles. The molecule has 1 aromatic heterocycles. The Morgan fingerprint density at radius 1 is 0.900 bits per heavy atom. The van der Waals surface area contributed by atoms with Gasteiger partial charge in [-0.3, -0.25) is 4.79 Å². The number of rotatable bonds is 12. The van der Waals surface area contributed by atoms with Gasteiger partial charge in [0, 0.05) is 18.5 Å². The molecule has 0 unspecified atom stereocenters. The SMILES string of the molecule is CCCCC(=O)N(Cc1ccc(-c2ccccc2-c2nnnn2Cc2ccccc2)cc1)[C@H](C(=O)OC)C(C)C. The van der Waals surface area contributed by atoms with Crippen LogP contribution in [0.3, 0.4) is 0 Å². The van der Waals surface area contributed by atoms with Crippen LogP contribution in [-0.4, -0.2) is 50.1 Å². The number of aromatic nitrogens is 4. The highest BCUT2D eigenvalue weighted by Crippen LogP contribution is 2.31. The maximum Gasteiger partial charge on any atom is 0.328 e. The number of ether oxygens (including phenoxy) is 1. The van der Waals surface area contributed by atoms with Crippen molar-refractivity contribution in [3.8, 4) is 22.5 Å². The number of carbonyl (C=O) groups is 2. The third-order valence-electron chi connectivity index (χ3n) is 6.97. The molecule has 8 nitrogen and oxygen atoms in total. The Hall–Kier alpha value is -4.33. The second-order valence-electron chi connectivity index (χ2n) is 10.2. The largest absolute Gasteiger partial charge is 0.467 e. The van der Waals surface area contributed by atoms with Crippen LogP contribution in [0.15, 0.2) is 78.9 Å². The van der Waals surface area contributed by atoms with E-state index in [1.807, 2.05) is 74.5 Å². The Morgan fingerprint density at radius 3 is 2.23 bits per heavy atom. The van der Waals surface area contributed by atoms with E-state index in [0.29, 0.717) is 25.3 Å². The number of esters is 1. The van der Waals surface area contributed by atoms with Crippen LogP contribution < -0.4 is 0 Å². The molecule has 40 heavy (non-hydrogen) atoms. The van der Waals surface area contributed by atoms with E-state index in [-0.39, 0.29) is 11.8 Å². The number of methoxy groups -OCH3 is 1. The molecule has 0 bridgehead atoms. The molecule has 0 radical (unpaired) electrons. The average molecular weight is 540 g/mol. The molecule has 208 valence electrons. The van der Waals surface area contributed by atoms with Gasteiger partial charge in [0.05, 0.1) is 13.7 Å². The zero-order chi connectivity index (χ0) is 28.5. The number of hydrogen-bond acceptors (Lipinski definition) is 6. The summed E-state index contributed by atoms with van der Waals surface area (Å²) in [5, 5.41) is 12.5. The van der Waals surface area contributed by atoms with E-state index >= 15 is 0 Å². The molecular weight excluding hydrogens is 502 g/mol. The summed E-state index contributed by atoms with van der Waals surface area (Å²) in [6.45, 7) is 6.82. The highest BCUT2D eigenvalue weighted by Gasteiger charge is 2.33. The van der Waals surface area contributed by atoms with E-state index in [4.69, 9.17) is 4.74 Å². The second-order valence-corrected chi connectivity index (χ2v) is 10.2. The molecule has 0 aliphatic heterocycles. The first-order valence-electron chi connectivity index (χ1n) is 13.8. The molecule has 0 N–H and O–H groups in total. The summed E-state index contributed by atoms with van der Waals surface area (Å²) in [4.78, 5) is 27.5. The molecule has 1 amide bonds. The molecule has 1 atom stereocenters. The Bertz CT molecular complexity index is 1400. The molecular formula is C32H37N5O3. The minimum atomic E-state index is -0.641. The summed E-state index contributed by atoms with van der Waals surface area (Å²) in [5.74, 6) is 0.185. The van der Waals surface area contributed by atoms with Gasteiger partial charge in [0.15, 0.2) is 5.82 Å². The Labute approximate surface area is 236 Å². The van der Waals surface area contributed by atoms with Gasteiger partial charge in [0.1, 0.15) is 6.04 Å². The van der Waals surface area contributed by atoms with Gasteiger partial charge in [-0.25, -0.2) is 9.48 Å². The summed E-state index contributed by atoms with van der Waals surface area (Å²) >= 11 is 0. The molecule has 0 aliphatic rings. The minimum Gasteiger partial charge on any atom is -0.467 e. The third-order valence-corrected chi connectivity index (χ3v) is 6.97. The maximum atomic E-state index is 13.2. The maximum absolute atomic E-state index is 13.2. The lowest BCUT2D eigenvalue weighted by molar-refractivity contribution is -0.155. The van der Waals surface area contributed by atoms with Gasteiger partial charge in [0.2, 0.25) is 5.91 Å². The predicted octanol–water partition coefficient (Wildman–Crippen LogP) is 5.77. The highest BCUT2D eigenvalue weighted by atomic mass is 16.5. The normalized spacial score (nSPS) is 11.8. The average Bonchev–Trinajstić information content (AvgIpc) is 3.44. The zero-order valence-corrected chi connectivity index (χ0v) is 23.7. The second kappa shape index (κ2) is 13.6. The Kier molecular flexibility index (Phi) is 9.78. The van der Waals surface area contributed by atoms with Crippen LogP contribution in [-0.2, 0) is 27.4 Å². The smallest absolute Gasteiger partial charge is 0.328 e. The minimum absolute atomic E-state index is 0.0365. The topological polar surface area (TPSA) is 90.2 Å². The van der Waals surface area contributed by atoms with Crippen molar-refractivity contribution in [1.82, 2.24) is 25.1 Å². The Balaban J connectivity index is 1.61. The van der Waals surface area contributed by atoms with Gasteiger partial charge in [-0.1, -0.05) is 106 Å². The Morgan fingerprint density at radius 2 is 1.57 bits per heavy atom. The summed E-state index contributed by atoms with van der Waals surface area (Å²) in [7, 11) is 1.37. The number of nitrogens with zero attached hydrogens (tertiary/aromatic N) is 5. The van der Waals surface area contributed by atoms with Crippen molar-refractivity contribution in [1.29, 1.82) is 0 Å². The third kappa shape index (κ3) is 6.81. The van der Waals surface area contributed by atoms with Crippen molar-refractivity contribution in [2.45, 2.75) is 59.2 Å². The van der Waals surface area contributed by atoms with Crippen LogP contribution in [0.1, 0.15) is 51.2 Å². The van der Waals surface area contributed by atoms with Gasteiger partial charge in [-0.2, -0.15) is 0 Å². The first-order valence-corrected chi connectivity index (χ1v) is 13.8. The lowest BCUT2D eigenvalue weighted by Gasteiger charge is -2.32. The predicted molar refractivity (Wildman–Crippen MR) is 155 cm³/mol. The number of carbonyl (C=O) groups excluding carboxylic acids is 2. The number of tetrazole rings is 1. The van der Waals surface area contributed by atoms with Gasteiger partial charge < -0.3 is 9.64 Å². The quantitative estimate of drug-likeness (QED) is 0.212. The van der Waals surface area contributed by atoms with Crippen molar-refractivity contribution in [2.75, 3.05) is 7.11 Å². The van der Waals surface area contributed by atoms with E-state index in [1.165, 1.54) is 7.11 Å². The zero-order valence-electron chi connectivity index (χ0n) is 23.7. The standard InChI is InChI=1S/C32H37N5O3/c1-5-6-16-29(38)36(30(23(2)3)32(39)40-4)21-25-17-19-26(20-18-25)27-14-10-11-15-28(27)31-33-34-35-37(31)22-24-12-8-7-9-13-24/h7-15,17-20,23,30H,5-6,16,21-22H2,1-4H3/t30-/m0/s1. The lowest BCUT2D eigenvalue weighted by atomic mass is 9.97. The monoisotopic (exact) mass is 539 g/mol. The molecule has 0 saturated heterocycles. The molecule has 8 heteroatoms. The first-order chi connectivity index (χ1) is 19.4. The fourth-order valence-corrected chi connectivity index (χ4v) is 4.87. The van der Waals surface area contributed by atoms with Crippen molar-refractivity contribution in [3.63, 3.8) is 0 Å². The van der Waals surface area contributed by atoms with E-state index in [2.05, 4.69) is 40.6 Å². The number of amides is 1. The van der Waals surface area contributed by atoms with Crippen LogP contribution in [0, 0.1) is 5.92 Å². The van der Waals surface area contributed by atoms with E-state index in [9.17, 15) is 9.59 Å². The molecule has 0 saturated carbocycles. The van der Waals surface area contributed by atoms with Crippen LogP contribution in [0.5, 0.6) is 0 Å². The van der Waals surface area contributed by atoms with Crippen LogP contribution in [0.4, 0.5) is 0 Å². The molecule has 4 rings (SSSR count). The van der Waals surface area contributed by atoms with Gasteiger partial charge >= 0.3 is 5.97 Å². The number of hydrogen-bond donors (Lipinski definition) is 0. The van der Waals surface area contributed by atoms with Gasteiger partial charge in [0.25, 0.3) is 0 Å². The highest BCUT2D eigenvalue weighted by molar-refractivity contribution is 5.85. The van der Waals surface area contributed by atoms with Crippen LogP contribution in [0.2, 0.25) is 0 Å². The molecule has 0 spiro atoms. The van der Waals surface area contributed by atoms with Crippen molar-refractivity contribution in [3.05, 3.63) is 90.0 Å². The summed E-state index contributed by atoms with van der Waals surface area (Å²) < 4.78 is 6.88. The van der Waals surface area contributed by atoms with E-state index < -0.39 is 12.0 Å². The van der Waals surface area contributed by atoms with Crippen molar-refractivity contribution < 1.29 is 14.3 Å². The van der Waals surface area contributed by atoms with Crippen LogP contribution in [0.25, 0.3) is 22.5 Å². The molecule has 0 fully saturated rings. The van der Waals surface area contributed by atoms with Crippen molar-refractivity contribution in [2.24, 2.45) is 5.92 Å². The fourth-order valence-electron chi connectivity index (χ4n) is 4.87. The van der Waals surface area contributed by atoms with Crippen molar-refractivity contribution >= 4 is 11.9 Å². The van der Waals surface area contributed by atoms with E-state index in [1.54, 1.807) is 9.58 Å².